The lowest BCUT2D eigenvalue weighted by atomic mass is 10.2. The molecule has 7 nitrogen and oxygen atoms in total. The zero-order chi connectivity index (χ0) is 25.2. The minimum atomic E-state index is -0.376. The summed E-state index contributed by atoms with van der Waals surface area (Å²) in [6.07, 6.45) is 1.49. The molecule has 2 amide bonds. The highest BCUT2D eigenvalue weighted by Crippen LogP contribution is 2.45. The highest BCUT2D eigenvalue weighted by Gasteiger charge is 2.18. The number of thioether (sulfide) groups is 2. The van der Waals surface area contributed by atoms with Gasteiger partial charge in [0.05, 0.1) is 10.8 Å². The van der Waals surface area contributed by atoms with E-state index in [0.29, 0.717) is 21.8 Å². The highest BCUT2D eigenvalue weighted by atomic mass is 32.2. The molecule has 0 saturated carbocycles. The number of hydrazone groups is 1. The van der Waals surface area contributed by atoms with Gasteiger partial charge in [0.2, 0.25) is 0 Å². The number of hydrogen-bond acceptors (Lipinski definition) is 7. The van der Waals surface area contributed by atoms with Crippen LogP contribution in [0.25, 0.3) is 0 Å². The summed E-state index contributed by atoms with van der Waals surface area (Å²) in [6, 6.07) is 20.1. The summed E-state index contributed by atoms with van der Waals surface area (Å²) in [5, 5.41) is 6.56. The number of hydrogen-bond donors (Lipinski definition) is 2. The van der Waals surface area contributed by atoms with Crippen molar-refractivity contribution in [3.8, 4) is 11.5 Å². The topological polar surface area (TPSA) is 89.0 Å². The van der Waals surface area contributed by atoms with E-state index in [1.54, 1.807) is 24.3 Å². The van der Waals surface area contributed by atoms with E-state index in [4.69, 9.17) is 9.47 Å². The number of nitrogens with zero attached hydrogens (tertiary/aromatic N) is 1. The van der Waals surface area contributed by atoms with Crippen molar-refractivity contribution in [2.24, 2.45) is 5.10 Å². The summed E-state index contributed by atoms with van der Waals surface area (Å²) < 4.78 is 24.4. The summed E-state index contributed by atoms with van der Waals surface area (Å²) in [5.74, 6) is 2.36. The fourth-order valence-electron chi connectivity index (χ4n) is 3.16. The Morgan fingerprint density at radius 3 is 2.08 bits per heavy atom. The van der Waals surface area contributed by atoms with Gasteiger partial charge in [-0.25, -0.2) is 9.82 Å². The average Bonchev–Trinajstić information content (AvgIpc) is 3.44. The minimum absolute atomic E-state index is 0.142. The number of anilines is 1. The maximum atomic E-state index is 12.9. The maximum Gasteiger partial charge on any atom is 0.277 e. The molecule has 10 heteroatoms. The van der Waals surface area contributed by atoms with Gasteiger partial charge >= 0.3 is 0 Å². The van der Waals surface area contributed by atoms with E-state index in [9.17, 15) is 14.0 Å². The third-order valence-electron chi connectivity index (χ3n) is 4.92. The molecule has 0 atom stereocenters. The third-order valence-corrected chi connectivity index (χ3v) is 8.03. The van der Waals surface area contributed by atoms with Gasteiger partial charge in [-0.2, -0.15) is 5.10 Å². The van der Waals surface area contributed by atoms with Crippen LogP contribution in [0.3, 0.4) is 0 Å². The second-order valence-corrected chi connectivity index (χ2v) is 10.4. The molecular weight excluding hydrogens is 501 g/mol. The largest absolute Gasteiger partial charge is 0.484 e. The van der Waals surface area contributed by atoms with Gasteiger partial charge in [-0.1, -0.05) is 12.1 Å². The lowest BCUT2D eigenvalue weighted by Gasteiger charge is -2.10. The van der Waals surface area contributed by atoms with Crippen molar-refractivity contribution in [3.05, 3.63) is 89.7 Å². The zero-order valence-electron chi connectivity index (χ0n) is 19.2. The molecule has 4 rings (SSSR count). The molecule has 36 heavy (non-hydrogen) atoms. The normalized spacial score (nSPS) is 13.5. The summed E-state index contributed by atoms with van der Waals surface area (Å²) >= 11 is 3.88. The van der Waals surface area contributed by atoms with E-state index in [-0.39, 0.29) is 30.8 Å². The predicted octanol–water partition coefficient (Wildman–Crippen LogP) is 4.85. The number of rotatable bonds is 10. The molecule has 1 aliphatic rings. The number of ether oxygens (including phenoxy) is 2. The molecule has 0 aliphatic carbocycles. The molecular formula is C26H24FN3O4S2. The molecule has 186 valence electrons. The molecule has 0 radical (unpaired) electrons. The predicted molar refractivity (Wildman–Crippen MR) is 142 cm³/mol. The Morgan fingerprint density at radius 1 is 0.861 bits per heavy atom. The van der Waals surface area contributed by atoms with Gasteiger partial charge in [0.25, 0.3) is 11.8 Å². The van der Waals surface area contributed by atoms with Gasteiger partial charge in [0.15, 0.2) is 13.2 Å². The number of benzene rings is 3. The molecule has 2 N–H and O–H groups in total. The van der Waals surface area contributed by atoms with Crippen LogP contribution in [0.15, 0.2) is 77.9 Å². The Hall–Kier alpha value is -3.50. The molecule has 1 fully saturated rings. The molecule has 3 aromatic carbocycles. The van der Waals surface area contributed by atoms with Crippen LogP contribution < -0.4 is 20.2 Å². The smallest absolute Gasteiger partial charge is 0.277 e. The number of nitrogens with one attached hydrogen (secondary N) is 2. The fraction of sp³-hybridized carbons (Fsp3) is 0.192. The molecule has 0 spiro atoms. The molecule has 3 aromatic rings. The van der Waals surface area contributed by atoms with Crippen molar-refractivity contribution in [2.75, 3.05) is 30.0 Å². The van der Waals surface area contributed by atoms with Crippen LogP contribution in [0.1, 0.15) is 15.7 Å². The molecule has 1 aliphatic heterocycles. The second kappa shape index (κ2) is 13.0. The van der Waals surface area contributed by atoms with Crippen LogP contribution in [0.4, 0.5) is 10.1 Å². The van der Waals surface area contributed by atoms with Gasteiger partial charge in [-0.15, -0.1) is 23.5 Å². The van der Waals surface area contributed by atoms with E-state index >= 15 is 0 Å². The summed E-state index contributed by atoms with van der Waals surface area (Å²) in [7, 11) is 0. The standard InChI is InChI=1S/C26H24FN3O4S2/c27-20-5-7-21(8-6-20)29-24(31)16-33-22-9-1-18(2-10-22)15-28-30-25(32)17-34-23-11-3-19(4-12-23)26-35-13-14-36-26/h1-12,15,26H,13-14,16-17H2,(H,29,31)(H,30,32)/b28-15-. The van der Waals surface area contributed by atoms with Gasteiger partial charge in [0.1, 0.15) is 17.3 Å². The molecule has 0 unspecified atom stereocenters. The van der Waals surface area contributed by atoms with Gasteiger partial charge in [0, 0.05) is 17.2 Å². The molecule has 1 heterocycles. The van der Waals surface area contributed by atoms with E-state index in [0.717, 1.165) is 5.56 Å². The van der Waals surface area contributed by atoms with Crippen molar-refractivity contribution >= 4 is 47.2 Å². The van der Waals surface area contributed by atoms with Crippen LogP contribution in [0.2, 0.25) is 0 Å². The highest BCUT2D eigenvalue weighted by molar-refractivity contribution is 8.19. The van der Waals surface area contributed by atoms with Crippen LogP contribution in [0.5, 0.6) is 11.5 Å². The van der Waals surface area contributed by atoms with Gasteiger partial charge in [-0.3, -0.25) is 9.59 Å². The van der Waals surface area contributed by atoms with Crippen molar-refractivity contribution in [1.29, 1.82) is 0 Å². The Balaban J connectivity index is 1.15. The number of carbonyl (C=O) groups is 2. The molecule has 0 aromatic heterocycles. The monoisotopic (exact) mass is 525 g/mol. The maximum absolute atomic E-state index is 12.9. The first-order chi connectivity index (χ1) is 17.5. The lowest BCUT2D eigenvalue weighted by molar-refractivity contribution is -0.123. The Kier molecular flexibility index (Phi) is 9.23. The van der Waals surface area contributed by atoms with Crippen LogP contribution in [0, 0.1) is 5.82 Å². The van der Waals surface area contributed by atoms with Gasteiger partial charge < -0.3 is 14.8 Å². The lowest BCUT2D eigenvalue weighted by Crippen LogP contribution is -2.24. The Labute approximate surface area is 216 Å². The quantitative estimate of drug-likeness (QED) is 0.291. The van der Waals surface area contributed by atoms with E-state index in [1.165, 1.54) is 47.5 Å². The van der Waals surface area contributed by atoms with E-state index < -0.39 is 0 Å². The average molecular weight is 526 g/mol. The van der Waals surface area contributed by atoms with Crippen molar-refractivity contribution in [1.82, 2.24) is 5.43 Å². The van der Waals surface area contributed by atoms with Crippen LogP contribution in [-0.4, -0.2) is 42.7 Å². The first-order valence-electron chi connectivity index (χ1n) is 11.1. The van der Waals surface area contributed by atoms with Crippen molar-refractivity contribution < 1.29 is 23.5 Å². The van der Waals surface area contributed by atoms with Crippen LogP contribution in [-0.2, 0) is 9.59 Å². The van der Waals surface area contributed by atoms with Gasteiger partial charge in [-0.05, 0) is 71.8 Å². The summed E-state index contributed by atoms with van der Waals surface area (Å²) in [5.41, 5.74) is 4.91. The van der Waals surface area contributed by atoms with E-state index in [1.807, 2.05) is 47.8 Å². The molecule has 0 bridgehead atoms. The van der Waals surface area contributed by atoms with Crippen molar-refractivity contribution in [3.63, 3.8) is 0 Å². The zero-order valence-corrected chi connectivity index (χ0v) is 20.8. The number of amides is 2. The number of halogens is 1. The third kappa shape index (κ3) is 8.03. The summed E-state index contributed by atoms with van der Waals surface area (Å²) in [6.45, 7) is -0.335. The number of carbonyl (C=O) groups excluding carboxylic acids is 2. The fourth-order valence-corrected chi connectivity index (χ4v) is 6.02. The van der Waals surface area contributed by atoms with E-state index in [2.05, 4.69) is 15.8 Å². The molecule has 1 saturated heterocycles. The second-order valence-electron chi connectivity index (χ2n) is 7.64. The van der Waals surface area contributed by atoms with Crippen LogP contribution >= 0.6 is 23.5 Å². The Bertz CT molecular complexity index is 1180. The SMILES string of the molecule is O=C(COc1ccc(C2SCCS2)cc1)N/N=C\c1ccc(OCC(=O)Nc2ccc(F)cc2)cc1. The van der Waals surface area contributed by atoms with Crippen molar-refractivity contribution in [2.45, 2.75) is 4.58 Å². The minimum Gasteiger partial charge on any atom is -0.484 e. The summed E-state index contributed by atoms with van der Waals surface area (Å²) in [4.78, 5) is 24.0. The first-order valence-corrected chi connectivity index (χ1v) is 13.2. The first kappa shape index (κ1) is 25.6. The Morgan fingerprint density at radius 2 is 1.44 bits per heavy atom.